The normalized spacial score (nSPS) is 13.0. The van der Waals surface area contributed by atoms with E-state index in [9.17, 15) is 0 Å². The van der Waals surface area contributed by atoms with Crippen LogP contribution >= 0.6 is 0 Å². The molecule has 4 nitrogen and oxygen atoms in total. The van der Waals surface area contributed by atoms with Crippen LogP contribution in [0.15, 0.2) is 28.7 Å². The molecule has 4 heteroatoms. The molecule has 0 aliphatic carbocycles. The van der Waals surface area contributed by atoms with E-state index in [4.69, 9.17) is 14.4 Å². The number of hydrogen-bond donors (Lipinski definition) is 2. The van der Waals surface area contributed by atoms with E-state index >= 15 is 0 Å². The standard InChI is InChI=1S/C11H13NO3/c1-7(12-13)11-6-8-5-9(14-2)3-4-10(8)15-11/h3-7,12-13H,1-2H3. The van der Waals surface area contributed by atoms with Gasteiger partial charge < -0.3 is 14.4 Å². The zero-order valence-electron chi connectivity index (χ0n) is 8.65. The Hall–Kier alpha value is -1.52. The maximum absolute atomic E-state index is 8.78. The smallest absolute Gasteiger partial charge is 0.134 e. The molecule has 2 N–H and O–H groups in total. The van der Waals surface area contributed by atoms with Gasteiger partial charge in [0.1, 0.15) is 17.1 Å². The number of furan rings is 1. The molecule has 80 valence electrons. The van der Waals surface area contributed by atoms with Gasteiger partial charge in [-0.3, -0.25) is 0 Å². The molecule has 0 amide bonds. The van der Waals surface area contributed by atoms with Gasteiger partial charge in [-0.25, -0.2) is 0 Å². The van der Waals surface area contributed by atoms with Crippen LogP contribution in [0.5, 0.6) is 5.75 Å². The predicted octanol–water partition coefficient (Wildman–Crippen LogP) is 2.48. The molecule has 1 aromatic carbocycles. The molecule has 15 heavy (non-hydrogen) atoms. The highest BCUT2D eigenvalue weighted by molar-refractivity contribution is 5.79. The fraction of sp³-hybridized carbons (Fsp3) is 0.273. The van der Waals surface area contributed by atoms with E-state index in [2.05, 4.69) is 5.48 Å². The van der Waals surface area contributed by atoms with E-state index < -0.39 is 0 Å². The zero-order chi connectivity index (χ0) is 10.8. The number of fused-ring (bicyclic) bond motifs is 1. The van der Waals surface area contributed by atoms with Gasteiger partial charge in [0.05, 0.1) is 13.2 Å². The second-order valence-electron chi connectivity index (χ2n) is 3.40. The lowest BCUT2D eigenvalue weighted by atomic mass is 10.2. The van der Waals surface area contributed by atoms with Crippen molar-refractivity contribution in [3.05, 3.63) is 30.0 Å². The molecule has 1 atom stereocenters. The molecule has 1 unspecified atom stereocenters. The van der Waals surface area contributed by atoms with Crippen molar-refractivity contribution in [3.63, 3.8) is 0 Å². The Labute approximate surface area is 87.4 Å². The minimum atomic E-state index is -0.219. The van der Waals surface area contributed by atoms with Crippen LogP contribution < -0.4 is 10.2 Å². The third kappa shape index (κ3) is 1.82. The topological polar surface area (TPSA) is 54.6 Å². The first-order valence-electron chi connectivity index (χ1n) is 4.71. The molecule has 0 bridgehead atoms. The summed E-state index contributed by atoms with van der Waals surface area (Å²) in [6.07, 6.45) is 0. The number of rotatable bonds is 3. The zero-order valence-corrected chi connectivity index (χ0v) is 8.65. The van der Waals surface area contributed by atoms with Gasteiger partial charge in [-0.1, -0.05) is 0 Å². The van der Waals surface area contributed by atoms with E-state index in [1.807, 2.05) is 31.2 Å². The van der Waals surface area contributed by atoms with Crippen LogP contribution in [0, 0.1) is 0 Å². The largest absolute Gasteiger partial charge is 0.497 e. The Morgan fingerprint density at radius 2 is 2.20 bits per heavy atom. The number of hydrogen-bond acceptors (Lipinski definition) is 4. The molecule has 0 fully saturated rings. The van der Waals surface area contributed by atoms with Crippen LogP contribution in [-0.4, -0.2) is 12.3 Å². The summed E-state index contributed by atoms with van der Waals surface area (Å²) in [5, 5.41) is 9.74. The summed E-state index contributed by atoms with van der Waals surface area (Å²) in [5.41, 5.74) is 2.93. The average Bonchev–Trinajstić information content (AvgIpc) is 2.70. The summed E-state index contributed by atoms with van der Waals surface area (Å²) in [6, 6.07) is 7.25. The molecule has 0 aliphatic rings. The lowest BCUT2D eigenvalue weighted by Crippen LogP contribution is -2.11. The van der Waals surface area contributed by atoms with E-state index in [0.29, 0.717) is 5.76 Å². The van der Waals surface area contributed by atoms with Gasteiger partial charge in [-0.05, 0) is 31.2 Å². The van der Waals surface area contributed by atoms with Crippen LogP contribution in [0.1, 0.15) is 18.7 Å². The maximum atomic E-state index is 8.78. The number of ether oxygens (including phenoxy) is 1. The molecule has 0 aliphatic heterocycles. The Morgan fingerprint density at radius 3 is 2.87 bits per heavy atom. The Balaban J connectivity index is 2.46. The van der Waals surface area contributed by atoms with Crippen LogP contribution in [0.3, 0.4) is 0 Å². The van der Waals surface area contributed by atoms with Gasteiger partial charge in [-0.15, -0.1) is 0 Å². The number of benzene rings is 1. The van der Waals surface area contributed by atoms with Gasteiger partial charge in [0, 0.05) is 5.39 Å². The predicted molar refractivity (Wildman–Crippen MR) is 56.1 cm³/mol. The fourth-order valence-electron chi connectivity index (χ4n) is 1.45. The van der Waals surface area contributed by atoms with Crippen LogP contribution in [0.25, 0.3) is 11.0 Å². The van der Waals surface area contributed by atoms with Crippen molar-refractivity contribution in [1.29, 1.82) is 0 Å². The van der Waals surface area contributed by atoms with Crippen molar-refractivity contribution >= 4 is 11.0 Å². The summed E-state index contributed by atoms with van der Waals surface area (Å²) >= 11 is 0. The van der Waals surface area contributed by atoms with Gasteiger partial charge >= 0.3 is 0 Å². The summed E-state index contributed by atoms with van der Waals surface area (Å²) in [7, 11) is 1.63. The fourth-order valence-corrected chi connectivity index (χ4v) is 1.45. The third-order valence-electron chi connectivity index (χ3n) is 2.36. The summed E-state index contributed by atoms with van der Waals surface area (Å²) in [6.45, 7) is 1.81. The molecule has 0 spiro atoms. The van der Waals surface area contributed by atoms with Crippen molar-refractivity contribution in [1.82, 2.24) is 5.48 Å². The number of hydroxylamine groups is 1. The van der Waals surface area contributed by atoms with Gasteiger partial charge in [0.15, 0.2) is 0 Å². The average molecular weight is 207 g/mol. The highest BCUT2D eigenvalue weighted by Crippen LogP contribution is 2.26. The molecular formula is C11H13NO3. The molecule has 1 heterocycles. The lowest BCUT2D eigenvalue weighted by molar-refractivity contribution is 0.124. The lowest BCUT2D eigenvalue weighted by Gasteiger charge is -2.02. The molecule has 2 rings (SSSR count). The first kappa shape index (κ1) is 10.0. The molecule has 0 radical (unpaired) electrons. The summed E-state index contributed by atoms with van der Waals surface area (Å²) < 4.78 is 10.7. The Morgan fingerprint density at radius 1 is 1.40 bits per heavy atom. The third-order valence-corrected chi connectivity index (χ3v) is 2.36. The van der Waals surface area contributed by atoms with E-state index in [-0.39, 0.29) is 6.04 Å². The highest BCUT2D eigenvalue weighted by atomic mass is 16.5. The number of nitrogens with one attached hydrogen (secondary N) is 1. The van der Waals surface area contributed by atoms with Gasteiger partial charge in [0.2, 0.25) is 0 Å². The first-order chi connectivity index (χ1) is 7.24. The quantitative estimate of drug-likeness (QED) is 0.759. The van der Waals surface area contributed by atoms with Crippen molar-refractivity contribution in [3.8, 4) is 5.75 Å². The minimum Gasteiger partial charge on any atom is -0.497 e. The molecular weight excluding hydrogens is 194 g/mol. The first-order valence-corrected chi connectivity index (χ1v) is 4.71. The van der Waals surface area contributed by atoms with Crippen molar-refractivity contribution in [2.24, 2.45) is 0 Å². The Bertz CT molecular complexity index is 464. The van der Waals surface area contributed by atoms with Gasteiger partial charge in [0.25, 0.3) is 0 Å². The van der Waals surface area contributed by atoms with Gasteiger partial charge in [-0.2, -0.15) is 5.48 Å². The van der Waals surface area contributed by atoms with E-state index in [1.165, 1.54) is 0 Å². The Kier molecular flexibility index (Phi) is 2.62. The maximum Gasteiger partial charge on any atom is 0.134 e. The summed E-state index contributed by atoms with van der Waals surface area (Å²) in [5.74, 6) is 1.49. The van der Waals surface area contributed by atoms with E-state index in [1.54, 1.807) is 7.11 Å². The summed E-state index contributed by atoms with van der Waals surface area (Å²) in [4.78, 5) is 0. The molecule has 1 aromatic heterocycles. The van der Waals surface area contributed by atoms with Crippen LogP contribution in [-0.2, 0) is 0 Å². The van der Waals surface area contributed by atoms with Crippen molar-refractivity contribution < 1.29 is 14.4 Å². The highest BCUT2D eigenvalue weighted by Gasteiger charge is 2.10. The molecule has 0 saturated carbocycles. The number of methoxy groups -OCH3 is 1. The molecule has 2 aromatic rings. The van der Waals surface area contributed by atoms with E-state index in [0.717, 1.165) is 16.7 Å². The van der Waals surface area contributed by atoms with Crippen LogP contribution in [0.4, 0.5) is 0 Å². The second-order valence-corrected chi connectivity index (χ2v) is 3.40. The monoisotopic (exact) mass is 207 g/mol. The second kappa shape index (κ2) is 3.92. The molecule has 0 saturated heterocycles. The van der Waals surface area contributed by atoms with Crippen molar-refractivity contribution in [2.75, 3.05) is 7.11 Å². The SMILES string of the molecule is COc1ccc2oc(C(C)NO)cc2c1. The minimum absolute atomic E-state index is 0.219. The van der Waals surface area contributed by atoms with Crippen LogP contribution in [0.2, 0.25) is 0 Å². The van der Waals surface area contributed by atoms with Crippen molar-refractivity contribution in [2.45, 2.75) is 13.0 Å².